The van der Waals surface area contributed by atoms with E-state index in [0.29, 0.717) is 12.1 Å². The molecule has 0 aliphatic rings. The van der Waals surface area contributed by atoms with Crippen LogP contribution in [0.1, 0.15) is 32.9 Å². The van der Waals surface area contributed by atoms with Gasteiger partial charge in [0.1, 0.15) is 11.5 Å². The molecule has 0 unspecified atom stereocenters. The van der Waals surface area contributed by atoms with E-state index in [0.717, 1.165) is 22.6 Å². The number of nitrogens with one attached hydrogen (secondary N) is 1. The van der Waals surface area contributed by atoms with Crippen molar-refractivity contribution in [2.45, 2.75) is 27.3 Å². The monoisotopic (exact) mass is 244 g/mol. The van der Waals surface area contributed by atoms with Crippen LogP contribution in [0.5, 0.6) is 0 Å². The minimum atomic E-state index is -0.0950. The molecule has 0 spiro atoms. The van der Waals surface area contributed by atoms with Gasteiger partial charge in [0.2, 0.25) is 0 Å². The van der Waals surface area contributed by atoms with Gasteiger partial charge >= 0.3 is 0 Å². The first kappa shape index (κ1) is 12.4. The Morgan fingerprint density at radius 2 is 1.83 bits per heavy atom. The molecule has 0 aliphatic heterocycles. The van der Waals surface area contributed by atoms with Crippen molar-refractivity contribution >= 4 is 5.91 Å². The molecular formula is C14H16N2O2. The molecule has 0 fully saturated rings. The Bertz CT molecular complexity index is 553. The van der Waals surface area contributed by atoms with Crippen LogP contribution in [0.25, 0.3) is 0 Å². The van der Waals surface area contributed by atoms with E-state index in [4.69, 9.17) is 4.52 Å². The van der Waals surface area contributed by atoms with E-state index in [1.54, 1.807) is 0 Å². The lowest BCUT2D eigenvalue weighted by molar-refractivity contribution is 0.0950. The van der Waals surface area contributed by atoms with Gasteiger partial charge in [-0.25, -0.2) is 0 Å². The Morgan fingerprint density at radius 1 is 1.17 bits per heavy atom. The summed E-state index contributed by atoms with van der Waals surface area (Å²) < 4.78 is 4.94. The molecular weight excluding hydrogens is 228 g/mol. The standard InChI is InChI=1S/C14H16N2O2/c1-9-4-10(2)6-12(5-9)14(17)15-8-13-7-11(3)18-16-13/h4-7H,8H2,1-3H3,(H,15,17). The number of benzene rings is 1. The molecule has 18 heavy (non-hydrogen) atoms. The third-order valence-electron chi connectivity index (χ3n) is 2.59. The average molecular weight is 244 g/mol. The van der Waals surface area contributed by atoms with Crippen molar-refractivity contribution in [2.24, 2.45) is 0 Å². The molecule has 94 valence electrons. The molecule has 0 atom stereocenters. The second kappa shape index (κ2) is 5.04. The van der Waals surface area contributed by atoms with Crippen LogP contribution in [0.2, 0.25) is 0 Å². The van der Waals surface area contributed by atoms with Crippen LogP contribution in [0.15, 0.2) is 28.8 Å². The van der Waals surface area contributed by atoms with Crippen molar-refractivity contribution in [1.29, 1.82) is 0 Å². The number of rotatable bonds is 3. The highest BCUT2D eigenvalue weighted by Crippen LogP contribution is 2.09. The Hall–Kier alpha value is -2.10. The number of nitrogens with zero attached hydrogens (tertiary/aromatic N) is 1. The number of aromatic nitrogens is 1. The van der Waals surface area contributed by atoms with Gasteiger partial charge in [-0.2, -0.15) is 0 Å². The minimum Gasteiger partial charge on any atom is -0.361 e. The number of hydrogen-bond acceptors (Lipinski definition) is 3. The zero-order chi connectivity index (χ0) is 13.1. The van der Waals surface area contributed by atoms with Crippen LogP contribution in [-0.4, -0.2) is 11.1 Å². The van der Waals surface area contributed by atoms with Crippen LogP contribution in [0.3, 0.4) is 0 Å². The first-order chi connectivity index (χ1) is 8.54. The second-order valence-corrected chi connectivity index (χ2v) is 4.49. The fraction of sp³-hybridized carbons (Fsp3) is 0.286. The number of hydrogen-bond donors (Lipinski definition) is 1. The van der Waals surface area contributed by atoms with Crippen molar-refractivity contribution in [2.75, 3.05) is 0 Å². The molecule has 4 nitrogen and oxygen atoms in total. The molecule has 0 radical (unpaired) electrons. The highest BCUT2D eigenvalue weighted by Gasteiger charge is 2.07. The minimum absolute atomic E-state index is 0.0950. The van der Waals surface area contributed by atoms with Gasteiger partial charge in [-0.3, -0.25) is 4.79 Å². The van der Waals surface area contributed by atoms with Crippen LogP contribution >= 0.6 is 0 Å². The molecule has 2 aromatic rings. The van der Waals surface area contributed by atoms with Crippen molar-refractivity contribution in [3.8, 4) is 0 Å². The largest absolute Gasteiger partial charge is 0.361 e. The average Bonchev–Trinajstić information content (AvgIpc) is 2.70. The lowest BCUT2D eigenvalue weighted by Crippen LogP contribution is -2.23. The fourth-order valence-electron chi connectivity index (χ4n) is 1.88. The van der Waals surface area contributed by atoms with E-state index in [1.807, 2.05) is 45.0 Å². The number of carbonyl (C=O) groups excluding carboxylic acids is 1. The highest BCUT2D eigenvalue weighted by molar-refractivity contribution is 5.94. The van der Waals surface area contributed by atoms with Crippen molar-refractivity contribution in [3.05, 3.63) is 52.4 Å². The lowest BCUT2D eigenvalue weighted by atomic mass is 10.1. The third-order valence-corrected chi connectivity index (χ3v) is 2.59. The number of aryl methyl sites for hydroxylation is 3. The molecule has 4 heteroatoms. The molecule has 0 saturated carbocycles. The summed E-state index contributed by atoms with van der Waals surface area (Å²) >= 11 is 0. The zero-order valence-corrected chi connectivity index (χ0v) is 10.8. The number of amides is 1. The smallest absolute Gasteiger partial charge is 0.251 e. The summed E-state index contributed by atoms with van der Waals surface area (Å²) in [5.41, 5.74) is 3.56. The van der Waals surface area contributed by atoms with E-state index in [2.05, 4.69) is 10.5 Å². The van der Waals surface area contributed by atoms with Gasteiger partial charge in [0.25, 0.3) is 5.91 Å². The van der Waals surface area contributed by atoms with Crippen LogP contribution in [0, 0.1) is 20.8 Å². The lowest BCUT2D eigenvalue weighted by Gasteiger charge is -2.05. The van der Waals surface area contributed by atoms with E-state index in [-0.39, 0.29) is 5.91 Å². The third kappa shape index (κ3) is 2.97. The summed E-state index contributed by atoms with van der Waals surface area (Å²) in [6, 6.07) is 7.59. The zero-order valence-electron chi connectivity index (χ0n) is 10.8. The van der Waals surface area contributed by atoms with Crippen LogP contribution in [0.4, 0.5) is 0 Å². The number of carbonyl (C=O) groups is 1. The maximum absolute atomic E-state index is 12.0. The molecule has 1 heterocycles. The maximum atomic E-state index is 12.0. The van der Waals surface area contributed by atoms with Gasteiger partial charge in [0.15, 0.2) is 0 Å². The van der Waals surface area contributed by atoms with E-state index in [1.165, 1.54) is 0 Å². The van der Waals surface area contributed by atoms with Gasteiger partial charge < -0.3 is 9.84 Å². The highest BCUT2D eigenvalue weighted by atomic mass is 16.5. The van der Waals surface area contributed by atoms with E-state index in [9.17, 15) is 4.79 Å². The normalized spacial score (nSPS) is 10.4. The summed E-state index contributed by atoms with van der Waals surface area (Å²) in [4.78, 5) is 12.0. The summed E-state index contributed by atoms with van der Waals surface area (Å²) in [7, 11) is 0. The van der Waals surface area contributed by atoms with Gasteiger partial charge in [-0.1, -0.05) is 22.3 Å². The predicted octanol–water partition coefficient (Wildman–Crippen LogP) is 2.53. The Kier molecular flexibility index (Phi) is 3.46. The van der Waals surface area contributed by atoms with Crippen molar-refractivity contribution in [1.82, 2.24) is 10.5 Å². The van der Waals surface area contributed by atoms with Crippen LogP contribution in [-0.2, 0) is 6.54 Å². The molecule has 1 amide bonds. The van der Waals surface area contributed by atoms with Crippen molar-refractivity contribution < 1.29 is 9.32 Å². The van der Waals surface area contributed by atoms with Crippen LogP contribution < -0.4 is 5.32 Å². The van der Waals surface area contributed by atoms with E-state index < -0.39 is 0 Å². The molecule has 2 rings (SSSR count). The molecule has 1 aromatic carbocycles. The Labute approximate surface area is 106 Å². The first-order valence-electron chi connectivity index (χ1n) is 5.83. The predicted molar refractivity (Wildman–Crippen MR) is 68.3 cm³/mol. The summed E-state index contributed by atoms with van der Waals surface area (Å²) in [6.07, 6.45) is 0. The summed E-state index contributed by atoms with van der Waals surface area (Å²) in [5, 5.41) is 6.65. The summed E-state index contributed by atoms with van der Waals surface area (Å²) in [6.45, 7) is 6.15. The molecule has 0 aliphatic carbocycles. The first-order valence-corrected chi connectivity index (χ1v) is 5.83. The van der Waals surface area contributed by atoms with Gasteiger partial charge in [0, 0.05) is 11.6 Å². The quantitative estimate of drug-likeness (QED) is 0.902. The fourth-order valence-corrected chi connectivity index (χ4v) is 1.88. The maximum Gasteiger partial charge on any atom is 0.251 e. The molecule has 1 aromatic heterocycles. The Morgan fingerprint density at radius 3 is 2.39 bits per heavy atom. The van der Waals surface area contributed by atoms with Crippen molar-refractivity contribution in [3.63, 3.8) is 0 Å². The topological polar surface area (TPSA) is 55.1 Å². The van der Waals surface area contributed by atoms with Gasteiger partial charge in [-0.05, 0) is 32.9 Å². The van der Waals surface area contributed by atoms with Gasteiger partial charge in [-0.15, -0.1) is 0 Å². The summed E-state index contributed by atoms with van der Waals surface area (Å²) in [5.74, 6) is 0.646. The SMILES string of the molecule is Cc1cc(C)cc(C(=O)NCc2cc(C)on2)c1. The van der Waals surface area contributed by atoms with Gasteiger partial charge in [0.05, 0.1) is 6.54 Å². The molecule has 0 saturated heterocycles. The molecule has 0 bridgehead atoms. The second-order valence-electron chi connectivity index (χ2n) is 4.49. The van der Waals surface area contributed by atoms with E-state index >= 15 is 0 Å². The Balaban J connectivity index is 2.03. The molecule has 1 N–H and O–H groups in total.